The quantitative estimate of drug-likeness (QED) is 0.747. The van der Waals surface area contributed by atoms with Crippen molar-refractivity contribution >= 4 is 27.3 Å². The van der Waals surface area contributed by atoms with Crippen molar-refractivity contribution in [3.05, 3.63) is 46.4 Å². The van der Waals surface area contributed by atoms with Gasteiger partial charge < -0.3 is 20.4 Å². The molecule has 0 saturated heterocycles. The van der Waals surface area contributed by atoms with Crippen molar-refractivity contribution in [1.82, 2.24) is 0 Å². The molecule has 5 heteroatoms. The fourth-order valence-corrected chi connectivity index (χ4v) is 2.28. The van der Waals surface area contributed by atoms with Crippen LogP contribution in [0.1, 0.15) is 5.56 Å². The van der Waals surface area contributed by atoms with Gasteiger partial charge in [-0.05, 0) is 35.9 Å². The number of anilines is 2. The van der Waals surface area contributed by atoms with E-state index in [2.05, 4.69) is 21.2 Å². The van der Waals surface area contributed by atoms with Gasteiger partial charge in [-0.2, -0.15) is 0 Å². The molecule has 0 radical (unpaired) electrons. The van der Waals surface area contributed by atoms with Gasteiger partial charge in [-0.1, -0.05) is 22.0 Å². The SMILES string of the molecule is CN(C)c1ccc(Br)cc1NCc1ccc(O)c(O)c1. The Morgan fingerprint density at radius 2 is 1.80 bits per heavy atom. The molecule has 0 aliphatic heterocycles. The summed E-state index contributed by atoms with van der Waals surface area (Å²) in [7, 11) is 3.97. The third-order valence-corrected chi connectivity index (χ3v) is 3.46. The first-order chi connectivity index (χ1) is 9.47. The maximum atomic E-state index is 9.49. The molecule has 20 heavy (non-hydrogen) atoms. The van der Waals surface area contributed by atoms with Crippen LogP contribution < -0.4 is 10.2 Å². The third-order valence-electron chi connectivity index (χ3n) is 2.96. The Morgan fingerprint density at radius 3 is 2.45 bits per heavy atom. The van der Waals surface area contributed by atoms with Crippen molar-refractivity contribution in [3.63, 3.8) is 0 Å². The summed E-state index contributed by atoms with van der Waals surface area (Å²) in [6.45, 7) is 0.561. The zero-order chi connectivity index (χ0) is 14.7. The van der Waals surface area contributed by atoms with Gasteiger partial charge in [0.25, 0.3) is 0 Å². The first-order valence-electron chi connectivity index (χ1n) is 6.19. The maximum Gasteiger partial charge on any atom is 0.157 e. The van der Waals surface area contributed by atoms with Crippen molar-refractivity contribution in [3.8, 4) is 11.5 Å². The Balaban J connectivity index is 2.17. The lowest BCUT2D eigenvalue weighted by atomic mass is 10.2. The second-order valence-corrected chi connectivity index (χ2v) is 5.65. The molecule has 0 unspecified atom stereocenters. The first-order valence-corrected chi connectivity index (χ1v) is 6.98. The van der Waals surface area contributed by atoms with Crippen molar-refractivity contribution in [1.29, 1.82) is 0 Å². The number of nitrogens with one attached hydrogen (secondary N) is 1. The summed E-state index contributed by atoms with van der Waals surface area (Å²) in [5.74, 6) is -0.212. The number of benzene rings is 2. The molecule has 0 aromatic heterocycles. The van der Waals surface area contributed by atoms with Crippen LogP contribution in [0.25, 0.3) is 0 Å². The van der Waals surface area contributed by atoms with Crippen LogP contribution in [-0.2, 0) is 6.54 Å². The number of aromatic hydroxyl groups is 2. The van der Waals surface area contributed by atoms with Crippen LogP contribution >= 0.6 is 15.9 Å². The molecular weight excluding hydrogens is 320 g/mol. The van der Waals surface area contributed by atoms with Gasteiger partial charge in [-0.15, -0.1) is 0 Å². The number of rotatable bonds is 4. The predicted molar refractivity (Wildman–Crippen MR) is 85.6 cm³/mol. The fourth-order valence-electron chi connectivity index (χ4n) is 1.92. The molecule has 2 rings (SSSR count). The lowest BCUT2D eigenvalue weighted by molar-refractivity contribution is 0.403. The van der Waals surface area contributed by atoms with E-state index < -0.39 is 0 Å². The van der Waals surface area contributed by atoms with Gasteiger partial charge in [0.1, 0.15) is 0 Å². The van der Waals surface area contributed by atoms with Crippen LogP contribution in [0.4, 0.5) is 11.4 Å². The fraction of sp³-hybridized carbons (Fsp3) is 0.200. The molecule has 3 N–H and O–H groups in total. The third kappa shape index (κ3) is 3.36. The van der Waals surface area contributed by atoms with Crippen molar-refractivity contribution < 1.29 is 10.2 Å². The molecule has 0 saturated carbocycles. The highest BCUT2D eigenvalue weighted by atomic mass is 79.9. The Kier molecular flexibility index (Phi) is 4.39. The van der Waals surface area contributed by atoms with Crippen LogP contribution in [0, 0.1) is 0 Å². The molecule has 0 aliphatic rings. The summed E-state index contributed by atoms with van der Waals surface area (Å²) < 4.78 is 0.999. The van der Waals surface area contributed by atoms with Crippen LogP contribution in [0.3, 0.4) is 0 Å². The Hall–Kier alpha value is -1.88. The van der Waals surface area contributed by atoms with Gasteiger partial charge in [-0.25, -0.2) is 0 Å². The van der Waals surface area contributed by atoms with Crippen LogP contribution in [0.15, 0.2) is 40.9 Å². The van der Waals surface area contributed by atoms with E-state index in [1.165, 1.54) is 6.07 Å². The normalized spacial score (nSPS) is 10.3. The largest absolute Gasteiger partial charge is 0.504 e. The summed E-state index contributed by atoms with van der Waals surface area (Å²) in [6, 6.07) is 10.8. The van der Waals surface area contributed by atoms with E-state index in [9.17, 15) is 10.2 Å². The van der Waals surface area contributed by atoms with E-state index in [1.54, 1.807) is 12.1 Å². The highest BCUT2D eigenvalue weighted by Crippen LogP contribution is 2.29. The van der Waals surface area contributed by atoms with E-state index >= 15 is 0 Å². The second-order valence-electron chi connectivity index (χ2n) is 4.73. The predicted octanol–water partition coefficient (Wildman–Crippen LogP) is 3.54. The van der Waals surface area contributed by atoms with E-state index in [0.29, 0.717) is 6.54 Å². The lowest BCUT2D eigenvalue weighted by Gasteiger charge is -2.19. The monoisotopic (exact) mass is 336 g/mol. The summed E-state index contributed by atoms with van der Waals surface area (Å²) in [6.07, 6.45) is 0. The Labute approximate surface area is 126 Å². The topological polar surface area (TPSA) is 55.7 Å². The molecule has 0 atom stereocenters. The molecule has 2 aromatic carbocycles. The summed E-state index contributed by atoms with van der Waals surface area (Å²) >= 11 is 3.46. The molecule has 4 nitrogen and oxygen atoms in total. The Bertz CT molecular complexity index is 615. The molecule has 0 bridgehead atoms. The van der Waals surface area contributed by atoms with Gasteiger partial charge in [0.15, 0.2) is 11.5 Å². The molecule has 0 heterocycles. The van der Waals surface area contributed by atoms with Gasteiger partial charge in [0, 0.05) is 25.1 Å². The minimum Gasteiger partial charge on any atom is -0.504 e. The maximum absolute atomic E-state index is 9.49. The van der Waals surface area contributed by atoms with Gasteiger partial charge in [0.05, 0.1) is 11.4 Å². The molecule has 106 valence electrons. The van der Waals surface area contributed by atoms with E-state index in [4.69, 9.17) is 0 Å². The first kappa shape index (κ1) is 14.5. The number of hydrogen-bond acceptors (Lipinski definition) is 4. The molecule has 0 spiro atoms. The van der Waals surface area contributed by atoms with Crippen molar-refractivity contribution in [2.75, 3.05) is 24.3 Å². The van der Waals surface area contributed by atoms with Gasteiger partial charge in [0.2, 0.25) is 0 Å². The lowest BCUT2D eigenvalue weighted by Crippen LogP contribution is -2.12. The Morgan fingerprint density at radius 1 is 1.05 bits per heavy atom. The number of phenolic OH excluding ortho intramolecular Hbond substituents is 2. The smallest absolute Gasteiger partial charge is 0.157 e. The van der Waals surface area contributed by atoms with Crippen molar-refractivity contribution in [2.24, 2.45) is 0 Å². The van der Waals surface area contributed by atoms with Crippen LogP contribution in [0.2, 0.25) is 0 Å². The number of hydrogen-bond donors (Lipinski definition) is 3. The van der Waals surface area contributed by atoms with Gasteiger partial charge >= 0.3 is 0 Å². The number of phenols is 2. The van der Waals surface area contributed by atoms with Gasteiger partial charge in [-0.3, -0.25) is 0 Å². The molecule has 0 fully saturated rings. The molecular formula is C15H17BrN2O2. The average molecular weight is 337 g/mol. The highest BCUT2D eigenvalue weighted by Gasteiger charge is 2.06. The van der Waals surface area contributed by atoms with E-state index in [0.717, 1.165) is 21.4 Å². The zero-order valence-corrected chi connectivity index (χ0v) is 13.0. The van der Waals surface area contributed by atoms with Crippen LogP contribution in [0.5, 0.6) is 11.5 Å². The molecule has 0 aliphatic carbocycles. The van der Waals surface area contributed by atoms with E-state index in [1.807, 2.05) is 37.2 Å². The number of nitrogens with zero attached hydrogens (tertiary/aromatic N) is 1. The minimum absolute atomic E-state index is 0.105. The molecule has 0 amide bonds. The van der Waals surface area contributed by atoms with Crippen molar-refractivity contribution in [2.45, 2.75) is 6.54 Å². The van der Waals surface area contributed by atoms with E-state index in [-0.39, 0.29) is 11.5 Å². The van der Waals surface area contributed by atoms with Crippen LogP contribution in [-0.4, -0.2) is 24.3 Å². The zero-order valence-electron chi connectivity index (χ0n) is 11.4. The highest BCUT2D eigenvalue weighted by molar-refractivity contribution is 9.10. The minimum atomic E-state index is -0.106. The second kappa shape index (κ2) is 6.05. The average Bonchev–Trinajstić information content (AvgIpc) is 2.40. The number of halogens is 1. The summed E-state index contributed by atoms with van der Waals surface area (Å²) in [5, 5.41) is 22.1. The standard InChI is InChI=1S/C15H17BrN2O2/c1-18(2)13-5-4-11(16)8-12(13)17-9-10-3-6-14(19)15(20)7-10/h3-8,17,19-20H,9H2,1-2H3. The summed E-state index contributed by atoms with van der Waals surface area (Å²) in [4.78, 5) is 2.03. The summed E-state index contributed by atoms with van der Waals surface area (Å²) in [5.41, 5.74) is 2.97. The molecule has 2 aromatic rings.